The third-order valence-electron chi connectivity index (χ3n) is 2.97. The van der Waals surface area contributed by atoms with Crippen LogP contribution in [0.25, 0.3) is 0 Å². The number of hydrogen-bond acceptors (Lipinski definition) is 6. The number of rotatable bonds is 7. The van der Waals surface area contributed by atoms with Crippen LogP contribution in [0.2, 0.25) is 0 Å². The van der Waals surface area contributed by atoms with Gasteiger partial charge in [0.15, 0.2) is 5.16 Å². The number of hydrogen-bond donors (Lipinski definition) is 2. The molecule has 0 aliphatic carbocycles. The van der Waals surface area contributed by atoms with Crippen LogP contribution in [0.15, 0.2) is 21.3 Å². The summed E-state index contributed by atoms with van der Waals surface area (Å²) in [6, 6.07) is 0. The Balaban J connectivity index is 2.33. The van der Waals surface area contributed by atoms with Crippen molar-refractivity contribution in [3.05, 3.63) is 22.4 Å². The van der Waals surface area contributed by atoms with E-state index in [-0.39, 0.29) is 5.69 Å². The minimum atomic E-state index is -0.229. The Morgan fingerprint density at radius 1 is 1.33 bits per heavy atom. The molecule has 0 amide bonds. The van der Waals surface area contributed by atoms with Crippen LogP contribution in [-0.4, -0.2) is 31.3 Å². The van der Waals surface area contributed by atoms with Crippen LogP contribution in [0, 0.1) is 0 Å². The maximum atomic E-state index is 11.4. The fourth-order valence-electron chi connectivity index (χ4n) is 1.87. The van der Waals surface area contributed by atoms with Gasteiger partial charge in [0, 0.05) is 19.2 Å². The zero-order valence-corrected chi connectivity index (χ0v) is 13.3. The predicted octanol–water partition coefficient (Wildman–Crippen LogP) is 1.82. The molecule has 0 saturated heterocycles. The summed E-state index contributed by atoms with van der Waals surface area (Å²) < 4.78 is 1.47. The molecule has 0 atom stereocenters. The molecule has 0 aromatic carbocycles. The second kappa shape index (κ2) is 7.26. The Bertz CT molecular complexity index is 650. The van der Waals surface area contributed by atoms with Gasteiger partial charge in [-0.2, -0.15) is 0 Å². The molecule has 2 aromatic heterocycles. The zero-order valence-electron chi connectivity index (χ0n) is 12.5. The summed E-state index contributed by atoms with van der Waals surface area (Å²) in [7, 11) is 1.69. The van der Waals surface area contributed by atoms with E-state index in [1.165, 1.54) is 16.3 Å². The lowest BCUT2D eigenvalue weighted by Gasteiger charge is -2.12. The quantitative estimate of drug-likeness (QED) is 0.759. The maximum absolute atomic E-state index is 11.4. The van der Waals surface area contributed by atoms with Gasteiger partial charge in [-0.1, -0.05) is 20.3 Å². The third-order valence-corrected chi connectivity index (χ3v) is 4.07. The zero-order chi connectivity index (χ0) is 15.2. The van der Waals surface area contributed by atoms with E-state index >= 15 is 0 Å². The van der Waals surface area contributed by atoms with Crippen molar-refractivity contribution in [1.29, 1.82) is 0 Å². The molecule has 2 rings (SSSR count). The Morgan fingerprint density at radius 3 is 2.76 bits per heavy atom. The highest BCUT2D eigenvalue weighted by molar-refractivity contribution is 7.99. The van der Waals surface area contributed by atoms with Crippen molar-refractivity contribution in [3.8, 4) is 0 Å². The summed E-state index contributed by atoms with van der Waals surface area (Å²) in [6.07, 6.45) is 4.46. The summed E-state index contributed by atoms with van der Waals surface area (Å²) >= 11 is 1.38. The molecule has 7 nitrogen and oxygen atoms in total. The van der Waals surface area contributed by atoms with Gasteiger partial charge in [-0.05, 0) is 24.6 Å². The maximum Gasteiger partial charge on any atom is 0.343 e. The molecule has 21 heavy (non-hydrogen) atoms. The van der Waals surface area contributed by atoms with Crippen molar-refractivity contribution in [2.24, 2.45) is 7.05 Å². The largest absolute Gasteiger partial charge is 0.370 e. The number of nitrogens with zero attached hydrogens (tertiary/aromatic N) is 4. The molecule has 0 aliphatic heterocycles. The highest BCUT2D eigenvalue weighted by atomic mass is 32.2. The van der Waals surface area contributed by atoms with E-state index < -0.39 is 0 Å². The van der Waals surface area contributed by atoms with Crippen molar-refractivity contribution in [1.82, 2.24) is 24.7 Å². The Hall–Kier alpha value is -1.83. The predicted molar refractivity (Wildman–Crippen MR) is 82.8 cm³/mol. The second-order valence-electron chi connectivity index (χ2n) is 4.66. The van der Waals surface area contributed by atoms with Crippen molar-refractivity contribution in [2.45, 2.75) is 43.3 Å². The van der Waals surface area contributed by atoms with Crippen LogP contribution >= 0.6 is 11.8 Å². The normalized spacial score (nSPS) is 10.8. The minimum Gasteiger partial charge on any atom is -0.370 e. The summed E-state index contributed by atoms with van der Waals surface area (Å²) in [5.74, 6) is 0.872. The fourth-order valence-corrected chi connectivity index (χ4v) is 2.77. The van der Waals surface area contributed by atoms with Crippen LogP contribution < -0.4 is 11.0 Å². The topological polar surface area (TPSA) is 88.5 Å². The molecule has 0 aliphatic rings. The average Bonchev–Trinajstić information content (AvgIpc) is 2.80. The number of anilines is 1. The molecule has 114 valence electrons. The molecule has 0 saturated carbocycles. The van der Waals surface area contributed by atoms with Crippen molar-refractivity contribution < 1.29 is 0 Å². The van der Waals surface area contributed by atoms with Crippen molar-refractivity contribution in [2.75, 3.05) is 11.9 Å². The first kappa shape index (κ1) is 15.6. The Labute approximate surface area is 127 Å². The highest BCUT2D eigenvalue weighted by Gasteiger charge is 2.15. The molecule has 0 unspecified atom stereocenters. The standard InChI is InChI=1S/C13H20N6OS/c1-4-6-9-10(14-7-5-2)15-8-16-11(9)21-13-18-17-12(20)19(13)3/h8H,4-7H2,1-3H3,(H,17,20)(H,14,15,16). The number of aromatic amines is 1. The average molecular weight is 308 g/mol. The summed E-state index contributed by atoms with van der Waals surface area (Å²) in [5.41, 5.74) is 0.849. The Kier molecular flexibility index (Phi) is 5.38. The highest BCUT2D eigenvalue weighted by Crippen LogP contribution is 2.30. The molecule has 0 bridgehead atoms. The fraction of sp³-hybridized carbons (Fsp3) is 0.538. The van der Waals surface area contributed by atoms with Gasteiger partial charge in [0.05, 0.1) is 0 Å². The van der Waals surface area contributed by atoms with Crippen LogP contribution in [0.1, 0.15) is 32.3 Å². The van der Waals surface area contributed by atoms with Gasteiger partial charge in [0.25, 0.3) is 0 Å². The lowest BCUT2D eigenvalue weighted by molar-refractivity contribution is 0.762. The van der Waals surface area contributed by atoms with E-state index in [9.17, 15) is 4.79 Å². The van der Waals surface area contributed by atoms with E-state index in [4.69, 9.17) is 0 Å². The monoisotopic (exact) mass is 308 g/mol. The first-order valence-electron chi connectivity index (χ1n) is 7.04. The first-order valence-corrected chi connectivity index (χ1v) is 7.86. The van der Waals surface area contributed by atoms with Gasteiger partial charge >= 0.3 is 5.69 Å². The van der Waals surface area contributed by atoms with E-state index in [2.05, 4.69) is 39.3 Å². The molecule has 2 N–H and O–H groups in total. The molecular weight excluding hydrogens is 288 g/mol. The van der Waals surface area contributed by atoms with Crippen molar-refractivity contribution >= 4 is 17.6 Å². The molecule has 2 aromatic rings. The summed E-state index contributed by atoms with van der Waals surface area (Å²) in [4.78, 5) is 20.1. The molecule has 2 heterocycles. The Morgan fingerprint density at radius 2 is 2.14 bits per heavy atom. The van der Waals surface area contributed by atoms with E-state index in [0.29, 0.717) is 5.16 Å². The van der Waals surface area contributed by atoms with Gasteiger partial charge in [0.1, 0.15) is 17.2 Å². The molecule has 0 radical (unpaired) electrons. The van der Waals surface area contributed by atoms with E-state index in [0.717, 1.165) is 42.2 Å². The number of nitrogens with one attached hydrogen (secondary N) is 2. The van der Waals surface area contributed by atoms with Gasteiger partial charge in [-0.25, -0.2) is 19.9 Å². The van der Waals surface area contributed by atoms with Crippen LogP contribution in [-0.2, 0) is 13.5 Å². The molecular formula is C13H20N6OS. The van der Waals surface area contributed by atoms with Gasteiger partial charge in [-0.15, -0.1) is 5.10 Å². The smallest absolute Gasteiger partial charge is 0.343 e. The number of aromatic nitrogens is 5. The van der Waals surface area contributed by atoms with Crippen LogP contribution in [0.4, 0.5) is 5.82 Å². The lowest BCUT2D eigenvalue weighted by Crippen LogP contribution is -2.13. The van der Waals surface area contributed by atoms with Gasteiger partial charge in [0.2, 0.25) is 0 Å². The van der Waals surface area contributed by atoms with Crippen molar-refractivity contribution in [3.63, 3.8) is 0 Å². The summed E-state index contributed by atoms with van der Waals surface area (Å²) in [6.45, 7) is 5.11. The first-order chi connectivity index (χ1) is 10.2. The van der Waals surface area contributed by atoms with Crippen LogP contribution in [0.3, 0.4) is 0 Å². The number of H-pyrrole nitrogens is 1. The molecule has 0 spiro atoms. The van der Waals surface area contributed by atoms with Crippen LogP contribution in [0.5, 0.6) is 0 Å². The summed E-state index contributed by atoms with van der Waals surface area (Å²) in [5, 5.41) is 11.2. The second-order valence-corrected chi connectivity index (χ2v) is 5.61. The third kappa shape index (κ3) is 3.63. The SMILES string of the molecule is CCCNc1ncnc(Sc2n[nH]c(=O)n2C)c1CCC. The minimum absolute atomic E-state index is 0.229. The molecule has 0 fully saturated rings. The van der Waals surface area contributed by atoms with E-state index in [1.54, 1.807) is 13.4 Å². The van der Waals surface area contributed by atoms with E-state index in [1.807, 2.05) is 0 Å². The lowest BCUT2D eigenvalue weighted by atomic mass is 10.2. The van der Waals surface area contributed by atoms with Gasteiger partial charge < -0.3 is 5.32 Å². The molecule has 8 heteroatoms. The van der Waals surface area contributed by atoms with Gasteiger partial charge in [-0.3, -0.25) is 4.57 Å².